The van der Waals surface area contributed by atoms with Gasteiger partial charge in [0.1, 0.15) is 0 Å². The Morgan fingerprint density at radius 3 is 1.10 bits per heavy atom. The van der Waals surface area contributed by atoms with E-state index in [1.165, 1.54) is 0 Å². The van der Waals surface area contributed by atoms with Gasteiger partial charge in [-0.1, -0.05) is 127 Å². The highest BCUT2D eigenvalue weighted by molar-refractivity contribution is 7.87. The van der Waals surface area contributed by atoms with Gasteiger partial charge in [-0.15, -0.1) is 0 Å². The van der Waals surface area contributed by atoms with Gasteiger partial charge in [0, 0.05) is 61.5 Å². The standard InChI is InChI=1S/C52H33N4OP/c57-58(34-16-2-1-3-17-34)51-47(55-43-24-8-4-18-35(43)36-19-5-9-25-44(36)55)30-28-39(41-22-12-14-32-53-41)49(51)50-40(42-23-13-15-33-54-42)29-31-48(52(50)58)56-45-26-10-6-20-37(45)38-21-7-11-27-46(38)56/h1-33H. The molecule has 12 rings (SSSR count). The lowest BCUT2D eigenvalue weighted by atomic mass is 9.91. The number of pyridine rings is 2. The first kappa shape index (κ1) is 32.9. The summed E-state index contributed by atoms with van der Waals surface area (Å²) >= 11 is 0. The van der Waals surface area contributed by atoms with Crippen LogP contribution in [-0.4, -0.2) is 19.1 Å². The molecule has 0 spiro atoms. The first-order valence-corrected chi connectivity index (χ1v) is 21.2. The molecule has 0 N–H and O–H groups in total. The molecule has 0 fully saturated rings. The second-order valence-corrected chi connectivity index (χ2v) is 17.5. The van der Waals surface area contributed by atoms with E-state index in [0.29, 0.717) is 0 Å². The van der Waals surface area contributed by atoms with Gasteiger partial charge in [-0.3, -0.25) is 9.97 Å². The molecule has 1 aliphatic heterocycles. The molecule has 7 aromatic carbocycles. The first-order chi connectivity index (χ1) is 28.7. The van der Waals surface area contributed by atoms with Gasteiger partial charge >= 0.3 is 0 Å². The summed E-state index contributed by atoms with van der Waals surface area (Å²) in [5, 5.41) is 6.95. The van der Waals surface area contributed by atoms with Crippen LogP contribution < -0.4 is 15.9 Å². The molecule has 5 heterocycles. The van der Waals surface area contributed by atoms with E-state index >= 15 is 4.57 Å². The van der Waals surface area contributed by atoms with Gasteiger partial charge in [-0.2, -0.15) is 0 Å². The van der Waals surface area contributed by atoms with Crippen LogP contribution in [0.1, 0.15) is 0 Å². The van der Waals surface area contributed by atoms with Crippen LogP contribution in [0.2, 0.25) is 0 Å². The van der Waals surface area contributed by atoms with E-state index in [0.717, 1.165) is 105 Å². The van der Waals surface area contributed by atoms with E-state index in [1.54, 1.807) is 0 Å². The average Bonchev–Trinajstić information content (AvgIpc) is 3.92. The lowest BCUT2D eigenvalue weighted by Crippen LogP contribution is -2.26. The number of fused-ring (bicyclic) bond motifs is 9. The molecule has 58 heavy (non-hydrogen) atoms. The maximum atomic E-state index is 17.7. The fraction of sp³-hybridized carbons (Fsp3) is 0. The van der Waals surface area contributed by atoms with Gasteiger partial charge in [-0.05, 0) is 60.7 Å². The van der Waals surface area contributed by atoms with Crippen molar-refractivity contribution < 1.29 is 4.57 Å². The Morgan fingerprint density at radius 2 is 0.724 bits per heavy atom. The largest absolute Gasteiger partial charge is 0.308 e. The van der Waals surface area contributed by atoms with Crippen LogP contribution in [0.25, 0.3) is 88.6 Å². The Hall–Kier alpha value is -7.33. The molecular formula is C52H33N4OP. The summed E-state index contributed by atoms with van der Waals surface area (Å²) in [6, 6.07) is 65.0. The van der Waals surface area contributed by atoms with Gasteiger partial charge in [0.2, 0.25) is 0 Å². The molecule has 1 aliphatic rings. The van der Waals surface area contributed by atoms with Crippen LogP contribution >= 0.6 is 7.14 Å². The topological polar surface area (TPSA) is 52.7 Å². The van der Waals surface area contributed by atoms with Gasteiger partial charge < -0.3 is 13.7 Å². The Kier molecular flexibility index (Phi) is 7.14. The summed E-state index contributed by atoms with van der Waals surface area (Å²) in [7, 11) is -3.76. The third kappa shape index (κ3) is 4.51. The maximum Gasteiger partial charge on any atom is 0.176 e. The minimum absolute atomic E-state index is 0.773. The van der Waals surface area contributed by atoms with E-state index < -0.39 is 7.14 Å². The zero-order valence-corrected chi connectivity index (χ0v) is 32.1. The minimum Gasteiger partial charge on any atom is -0.308 e. The molecule has 6 heteroatoms. The third-order valence-electron chi connectivity index (χ3n) is 11.8. The molecule has 4 aromatic heterocycles. The fourth-order valence-corrected chi connectivity index (χ4v) is 12.9. The predicted molar refractivity (Wildman–Crippen MR) is 240 cm³/mol. The highest BCUT2D eigenvalue weighted by Crippen LogP contribution is 2.59. The van der Waals surface area contributed by atoms with E-state index in [1.807, 2.05) is 67.0 Å². The highest BCUT2D eigenvalue weighted by Gasteiger charge is 2.48. The second kappa shape index (κ2) is 12.6. The van der Waals surface area contributed by atoms with Crippen molar-refractivity contribution in [2.75, 3.05) is 0 Å². The number of para-hydroxylation sites is 4. The summed E-state index contributed by atoms with van der Waals surface area (Å²) in [4.78, 5) is 9.90. The molecule has 0 radical (unpaired) electrons. The van der Waals surface area contributed by atoms with Gasteiger partial charge in [0.15, 0.2) is 7.14 Å². The monoisotopic (exact) mass is 760 g/mol. The van der Waals surface area contributed by atoms with Crippen molar-refractivity contribution in [3.8, 4) is 45.0 Å². The zero-order chi connectivity index (χ0) is 38.4. The molecule has 0 saturated heterocycles. The number of rotatable bonds is 5. The van der Waals surface area contributed by atoms with E-state index in [4.69, 9.17) is 9.97 Å². The SMILES string of the molecule is O=P1(c2ccccc2)c2c(-n3c4ccccc4c4ccccc43)ccc(-c3ccccn3)c2-c2c(-c3ccccn3)ccc(-n3c4ccccc4c4ccccc43)c21. The second-order valence-electron chi connectivity index (χ2n) is 14.8. The quantitative estimate of drug-likeness (QED) is 0.164. The molecule has 272 valence electrons. The van der Waals surface area contributed by atoms with E-state index in [2.05, 4.69) is 143 Å². The number of benzene rings is 7. The maximum absolute atomic E-state index is 17.7. The van der Waals surface area contributed by atoms with Crippen molar-refractivity contribution in [1.82, 2.24) is 19.1 Å². The zero-order valence-electron chi connectivity index (χ0n) is 31.2. The van der Waals surface area contributed by atoms with Gasteiger partial charge in [-0.25, -0.2) is 0 Å². The Labute approximate surface area is 334 Å². The molecule has 0 atom stereocenters. The lowest BCUT2D eigenvalue weighted by Gasteiger charge is -2.23. The van der Waals surface area contributed by atoms with Crippen molar-refractivity contribution in [3.63, 3.8) is 0 Å². The summed E-state index contributed by atoms with van der Waals surface area (Å²) in [5.41, 5.74) is 11.3. The molecule has 5 nitrogen and oxygen atoms in total. The molecule has 11 aromatic rings. The predicted octanol–water partition coefficient (Wildman–Crippen LogP) is 11.6. The molecule has 0 amide bonds. The number of aromatic nitrogens is 4. The van der Waals surface area contributed by atoms with Crippen LogP contribution in [0, 0.1) is 0 Å². The molecule has 0 aliphatic carbocycles. The van der Waals surface area contributed by atoms with E-state index in [-0.39, 0.29) is 0 Å². The Morgan fingerprint density at radius 1 is 0.362 bits per heavy atom. The fourth-order valence-electron chi connectivity index (χ4n) is 9.51. The normalized spacial score (nSPS) is 13.0. The summed E-state index contributed by atoms with van der Waals surface area (Å²) in [6.45, 7) is 0. The van der Waals surface area contributed by atoms with Crippen LogP contribution in [0.3, 0.4) is 0 Å². The van der Waals surface area contributed by atoms with E-state index in [9.17, 15) is 0 Å². The summed E-state index contributed by atoms with van der Waals surface area (Å²) in [6.07, 6.45) is 3.67. The smallest absolute Gasteiger partial charge is 0.176 e. The van der Waals surface area contributed by atoms with Crippen LogP contribution in [0.5, 0.6) is 0 Å². The molecule has 0 unspecified atom stereocenters. The van der Waals surface area contributed by atoms with Crippen molar-refractivity contribution in [1.29, 1.82) is 0 Å². The summed E-state index contributed by atoms with van der Waals surface area (Å²) in [5.74, 6) is 0. The molecule has 0 bridgehead atoms. The Bertz CT molecular complexity index is 3160. The van der Waals surface area contributed by atoms with Crippen molar-refractivity contribution >= 4 is 66.7 Å². The number of nitrogens with zero attached hydrogens (tertiary/aromatic N) is 4. The van der Waals surface area contributed by atoms with Crippen LogP contribution in [0.15, 0.2) is 200 Å². The number of hydrogen-bond donors (Lipinski definition) is 0. The molecular weight excluding hydrogens is 728 g/mol. The Balaban J connectivity index is 1.34. The molecule has 0 saturated carbocycles. The van der Waals surface area contributed by atoms with Crippen molar-refractivity contribution in [2.45, 2.75) is 0 Å². The minimum atomic E-state index is -3.76. The third-order valence-corrected chi connectivity index (χ3v) is 15.0. The van der Waals surface area contributed by atoms with Crippen molar-refractivity contribution in [2.24, 2.45) is 0 Å². The van der Waals surface area contributed by atoms with Gasteiger partial charge in [0.05, 0.1) is 55.4 Å². The number of hydrogen-bond acceptors (Lipinski definition) is 3. The first-order valence-electron chi connectivity index (χ1n) is 19.5. The highest BCUT2D eigenvalue weighted by atomic mass is 31.2. The van der Waals surface area contributed by atoms with Crippen LogP contribution in [0.4, 0.5) is 0 Å². The lowest BCUT2D eigenvalue weighted by molar-refractivity contribution is 0.593. The van der Waals surface area contributed by atoms with Crippen LogP contribution in [-0.2, 0) is 4.57 Å². The summed E-state index contributed by atoms with van der Waals surface area (Å²) < 4.78 is 22.4. The van der Waals surface area contributed by atoms with Gasteiger partial charge in [0.25, 0.3) is 0 Å². The average molecular weight is 761 g/mol. The van der Waals surface area contributed by atoms with Crippen molar-refractivity contribution in [3.05, 3.63) is 200 Å².